The summed E-state index contributed by atoms with van der Waals surface area (Å²) >= 11 is 0. The van der Waals surface area contributed by atoms with E-state index in [-0.39, 0.29) is 12.5 Å². The van der Waals surface area contributed by atoms with Gasteiger partial charge in [-0.1, -0.05) is 30.3 Å². The summed E-state index contributed by atoms with van der Waals surface area (Å²) in [6, 6.07) is 10.5. The van der Waals surface area contributed by atoms with Gasteiger partial charge in [0.25, 0.3) is 0 Å². The molecule has 0 radical (unpaired) electrons. The Labute approximate surface area is 115 Å². The highest BCUT2D eigenvalue weighted by Gasteiger charge is 2.26. The number of carbonyl (C=O) groups is 1. The molecule has 1 fully saturated rings. The van der Waals surface area contributed by atoms with Crippen molar-refractivity contribution in [2.24, 2.45) is 11.7 Å². The largest absolute Gasteiger partial charge is 0.341 e. The molecule has 1 atom stereocenters. The zero-order valence-electron chi connectivity index (χ0n) is 11.6. The third-order valence-corrected chi connectivity index (χ3v) is 3.68. The molecule has 104 valence electrons. The number of amides is 1. The van der Waals surface area contributed by atoms with Gasteiger partial charge in [0.15, 0.2) is 0 Å². The van der Waals surface area contributed by atoms with Crippen molar-refractivity contribution in [3.8, 4) is 0 Å². The van der Waals surface area contributed by atoms with E-state index in [1.165, 1.54) is 5.56 Å². The van der Waals surface area contributed by atoms with E-state index >= 15 is 0 Å². The lowest BCUT2D eigenvalue weighted by Crippen LogP contribution is -2.35. The Morgan fingerprint density at radius 2 is 2.16 bits per heavy atom. The number of rotatable bonds is 5. The summed E-state index contributed by atoms with van der Waals surface area (Å²) in [7, 11) is 2.14. The lowest BCUT2D eigenvalue weighted by atomic mass is 10.1. The molecule has 1 heterocycles. The fourth-order valence-corrected chi connectivity index (χ4v) is 2.74. The summed E-state index contributed by atoms with van der Waals surface area (Å²) < 4.78 is 0. The summed E-state index contributed by atoms with van der Waals surface area (Å²) in [5.41, 5.74) is 6.73. The van der Waals surface area contributed by atoms with Gasteiger partial charge in [-0.05, 0) is 24.9 Å². The highest BCUT2D eigenvalue weighted by molar-refractivity contribution is 5.78. The third-order valence-electron chi connectivity index (χ3n) is 3.68. The molecule has 4 nitrogen and oxygen atoms in total. The summed E-state index contributed by atoms with van der Waals surface area (Å²) in [6.45, 7) is 3.84. The summed E-state index contributed by atoms with van der Waals surface area (Å²) in [5, 5.41) is 0. The van der Waals surface area contributed by atoms with Crippen LogP contribution in [0.25, 0.3) is 0 Å². The molecule has 2 rings (SSSR count). The molecule has 1 unspecified atom stereocenters. The van der Waals surface area contributed by atoms with E-state index < -0.39 is 0 Å². The first-order valence-corrected chi connectivity index (χ1v) is 6.89. The van der Waals surface area contributed by atoms with Crippen LogP contribution < -0.4 is 5.73 Å². The quantitative estimate of drug-likeness (QED) is 0.857. The number of hydrogen-bond acceptors (Lipinski definition) is 3. The predicted octanol–water partition coefficient (Wildman–Crippen LogP) is 0.926. The standard InChI is InChI=1S/C15H23N3O/c1-17(10-13-5-3-2-4-6-13)11-14-7-8-18(12-14)15(19)9-16/h2-6,14H,7-12,16H2,1H3. The second-order valence-corrected chi connectivity index (χ2v) is 5.38. The number of carbonyl (C=O) groups excluding carboxylic acids is 1. The van der Waals surface area contributed by atoms with Crippen LogP contribution in [-0.4, -0.2) is 48.9 Å². The molecule has 0 aromatic heterocycles. The van der Waals surface area contributed by atoms with Crippen LogP contribution in [0, 0.1) is 5.92 Å². The molecule has 4 heteroatoms. The molecule has 1 aromatic carbocycles. The Hall–Kier alpha value is -1.39. The zero-order chi connectivity index (χ0) is 13.7. The second kappa shape index (κ2) is 6.68. The Morgan fingerprint density at radius 3 is 2.84 bits per heavy atom. The first kappa shape index (κ1) is 14.0. The molecule has 1 aromatic rings. The minimum absolute atomic E-state index is 0.0770. The van der Waals surface area contributed by atoms with Crippen LogP contribution >= 0.6 is 0 Å². The van der Waals surface area contributed by atoms with Crippen molar-refractivity contribution in [1.82, 2.24) is 9.80 Å². The molecule has 0 saturated carbocycles. The lowest BCUT2D eigenvalue weighted by Gasteiger charge is -2.21. The maximum absolute atomic E-state index is 11.5. The van der Waals surface area contributed by atoms with E-state index in [2.05, 4.69) is 36.2 Å². The Kier molecular flexibility index (Phi) is 4.93. The second-order valence-electron chi connectivity index (χ2n) is 5.38. The first-order valence-electron chi connectivity index (χ1n) is 6.89. The normalized spacial score (nSPS) is 19.1. The summed E-state index contributed by atoms with van der Waals surface area (Å²) in [6.07, 6.45) is 1.09. The maximum atomic E-state index is 11.5. The van der Waals surface area contributed by atoms with Crippen molar-refractivity contribution >= 4 is 5.91 Å². The predicted molar refractivity (Wildman–Crippen MR) is 76.5 cm³/mol. The number of hydrogen-bond donors (Lipinski definition) is 1. The van der Waals surface area contributed by atoms with Gasteiger partial charge >= 0.3 is 0 Å². The van der Waals surface area contributed by atoms with Crippen molar-refractivity contribution in [2.75, 3.05) is 33.2 Å². The van der Waals surface area contributed by atoms with E-state index in [9.17, 15) is 4.79 Å². The van der Waals surface area contributed by atoms with Crippen LogP contribution in [0.3, 0.4) is 0 Å². The summed E-state index contributed by atoms with van der Waals surface area (Å²) in [4.78, 5) is 15.7. The fraction of sp³-hybridized carbons (Fsp3) is 0.533. The highest BCUT2D eigenvalue weighted by atomic mass is 16.2. The number of benzene rings is 1. The lowest BCUT2D eigenvalue weighted by molar-refractivity contribution is -0.128. The van der Waals surface area contributed by atoms with Crippen molar-refractivity contribution in [1.29, 1.82) is 0 Å². The minimum Gasteiger partial charge on any atom is -0.341 e. The third kappa shape index (κ3) is 4.04. The smallest absolute Gasteiger partial charge is 0.236 e. The molecular weight excluding hydrogens is 238 g/mol. The number of nitrogens with two attached hydrogens (primary N) is 1. The molecular formula is C15H23N3O. The van der Waals surface area contributed by atoms with Crippen molar-refractivity contribution in [3.05, 3.63) is 35.9 Å². The van der Waals surface area contributed by atoms with Crippen LogP contribution in [0.5, 0.6) is 0 Å². The molecule has 1 saturated heterocycles. The molecule has 1 aliphatic rings. The van der Waals surface area contributed by atoms with E-state index in [0.29, 0.717) is 5.92 Å². The molecule has 19 heavy (non-hydrogen) atoms. The Morgan fingerprint density at radius 1 is 1.42 bits per heavy atom. The van der Waals surface area contributed by atoms with Gasteiger partial charge in [0, 0.05) is 26.2 Å². The Balaban J connectivity index is 1.78. The van der Waals surface area contributed by atoms with E-state index in [0.717, 1.165) is 32.6 Å². The molecule has 0 aliphatic carbocycles. The van der Waals surface area contributed by atoms with Crippen molar-refractivity contribution < 1.29 is 4.79 Å². The van der Waals surface area contributed by atoms with Gasteiger partial charge in [-0.25, -0.2) is 0 Å². The monoisotopic (exact) mass is 261 g/mol. The molecule has 2 N–H and O–H groups in total. The maximum Gasteiger partial charge on any atom is 0.236 e. The fourth-order valence-electron chi connectivity index (χ4n) is 2.74. The summed E-state index contributed by atoms with van der Waals surface area (Å²) in [5.74, 6) is 0.650. The minimum atomic E-state index is 0.0770. The Bertz CT molecular complexity index is 407. The molecule has 1 aliphatic heterocycles. The van der Waals surface area contributed by atoms with Gasteiger partial charge in [-0.15, -0.1) is 0 Å². The van der Waals surface area contributed by atoms with Gasteiger partial charge in [0.05, 0.1) is 6.54 Å². The van der Waals surface area contributed by atoms with Crippen LogP contribution in [0.1, 0.15) is 12.0 Å². The van der Waals surface area contributed by atoms with E-state index in [1.54, 1.807) is 0 Å². The van der Waals surface area contributed by atoms with E-state index in [1.807, 2.05) is 11.0 Å². The average Bonchev–Trinajstić information content (AvgIpc) is 2.87. The van der Waals surface area contributed by atoms with Crippen LogP contribution in [0.2, 0.25) is 0 Å². The van der Waals surface area contributed by atoms with Gasteiger partial charge in [-0.3, -0.25) is 4.79 Å². The molecule has 0 spiro atoms. The number of likely N-dealkylation sites (tertiary alicyclic amines) is 1. The SMILES string of the molecule is CN(Cc1ccccc1)CC1CCN(C(=O)CN)C1. The van der Waals surface area contributed by atoms with Gasteiger partial charge < -0.3 is 15.5 Å². The topological polar surface area (TPSA) is 49.6 Å². The van der Waals surface area contributed by atoms with Crippen molar-refractivity contribution in [3.63, 3.8) is 0 Å². The van der Waals surface area contributed by atoms with Crippen LogP contribution in [0.4, 0.5) is 0 Å². The molecule has 1 amide bonds. The zero-order valence-corrected chi connectivity index (χ0v) is 11.6. The van der Waals surface area contributed by atoms with Gasteiger partial charge in [0.1, 0.15) is 0 Å². The highest BCUT2D eigenvalue weighted by Crippen LogP contribution is 2.17. The number of nitrogens with zero attached hydrogens (tertiary/aromatic N) is 2. The van der Waals surface area contributed by atoms with Crippen molar-refractivity contribution in [2.45, 2.75) is 13.0 Å². The van der Waals surface area contributed by atoms with Crippen LogP contribution in [-0.2, 0) is 11.3 Å². The first-order chi connectivity index (χ1) is 9.19. The van der Waals surface area contributed by atoms with Gasteiger partial charge in [0.2, 0.25) is 5.91 Å². The van der Waals surface area contributed by atoms with E-state index in [4.69, 9.17) is 5.73 Å². The average molecular weight is 261 g/mol. The van der Waals surface area contributed by atoms with Gasteiger partial charge in [-0.2, -0.15) is 0 Å². The molecule has 0 bridgehead atoms. The van der Waals surface area contributed by atoms with Crippen LogP contribution in [0.15, 0.2) is 30.3 Å².